The van der Waals surface area contributed by atoms with Gasteiger partial charge in [0.25, 0.3) is 0 Å². The van der Waals surface area contributed by atoms with E-state index < -0.39 is 0 Å². The molecule has 0 aromatic heterocycles. The highest BCUT2D eigenvalue weighted by Gasteiger charge is 2.09. The van der Waals surface area contributed by atoms with Crippen molar-refractivity contribution in [1.82, 2.24) is 0 Å². The van der Waals surface area contributed by atoms with Crippen LogP contribution in [0.3, 0.4) is 0 Å². The van der Waals surface area contributed by atoms with Gasteiger partial charge in [0.15, 0.2) is 0 Å². The highest BCUT2D eigenvalue weighted by atomic mass is 79.9. The summed E-state index contributed by atoms with van der Waals surface area (Å²) in [4.78, 5) is 13.3. The SMILES string of the molecule is Cc1cc(C)c(NC(=O)CSc2ccc(Br)cc2C)c(C)c1. The summed E-state index contributed by atoms with van der Waals surface area (Å²) in [7, 11) is 0. The second-order valence-corrected chi connectivity index (χ2v) is 7.45. The van der Waals surface area contributed by atoms with Crippen molar-refractivity contribution in [1.29, 1.82) is 0 Å². The van der Waals surface area contributed by atoms with Crippen molar-refractivity contribution < 1.29 is 4.79 Å². The number of carbonyl (C=O) groups is 1. The van der Waals surface area contributed by atoms with Crippen LogP contribution >= 0.6 is 27.7 Å². The summed E-state index contributed by atoms with van der Waals surface area (Å²) in [5, 5.41) is 3.04. The number of aryl methyl sites for hydroxylation is 4. The van der Waals surface area contributed by atoms with Gasteiger partial charge in [-0.3, -0.25) is 4.79 Å². The third-order valence-corrected chi connectivity index (χ3v) is 5.11. The van der Waals surface area contributed by atoms with E-state index in [1.54, 1.807) is 11.8 Å². The Morgan fingerprint density at radius 1 is 1.05 bits per heavy atom. The van der Waals surface area contributed by atoms with Crippen molar-refractivity contribution in [2.24, 2.45) is 0 Å². The van der Waals surface area contributed by atoms with Crippen LogP contribution in [0.4, 0.5) is 5.69 Å². The lowest BCUT2D eigenvalue weighted by atomic mass is 10.1. The highest BCUT2D eigenvalue weighted by molar-refractivity contribution is 9.10. The first-order valence-corrected chi connectivity index (χ1v) is 8.91. The first-order chi connectivity index (χ1) is 10.4. The van der Waals surface area contributed by atoms with Gasteiger partial charge in [0.05, 0.1) is 5.75 Å². The Bertz CT molecular complexity index is 689. The number of rotatable bonds is 4. The van der Waals surface area contributed by atoms with Gasteiger partial charge in [-0.1, -0.05) is 33.6 Å². The quantitative estimate of drug-likeness (QED) is 0.721. The molecule has 0 heterocycles. The zero-order valence-corrected chi connectivity index (χ0v) is 15.7. The number of anilines is 1. The van der Waals surface area contributed by atoms with Crippen molar-refractivity contribution in [2.75, 3.05) is 11.1 Å². The highest BCUT2D eigenvalue weighted by Crippen LogP contribution is 2.26. The van der Waals surface area contributed by atoms with Gasteiger partial charge < -0.3 is 5.32 Å². The third kappa shape index (κ3) is 4.37. The van der Waals surface area contributed by atoms with Gasteiger partial charge >= 0.3 is 0 Å². The largest absolute Gasteiger partial charge is 0.325 e. The Morgan fingerprint density at radius 3 is 2.27 bits per heavy atom. The van der Waals surface area contributed by atoms with Crippen LogP contribution in [0, 0.1) is 27.7 Å². The Morgan fingerprint density at radius 2 is 1.68 bits per heavy atom. The molecule has 0 unspecified atom stereocenters. The molecule has 116 valence electrons. The molecule has 2 nitrogen and oxygen atoms in total. The molecule has 2 aromatic carbocycles. The van der Waals surface area contributed by atoms with Crippen molar-refractivity contribution in [2.45, 2.75) is 32.6 Å². The lowest BCUT2D eigenvalue weighted by Gasteiger charge is -2.13. The molecule has 22 heavy (non-hydrogen) atoms. The van der Waals surface area contributed by atoms with Crippen LogP contribution in [-0.4, -0.2) is 11.7 Å². The first kappa shape index (κ1) is 17.1. The first-order valence-electron chi connectivity index (χ1n) is 7.13. The van der Waals surface area contributed by atoms with E-state index in [2.05, 4.69) is 53.3 Å². The number of amides is 1. The van der Waals surface area contributed by atoms with Crippen molar-refractivity contribution >= 4 is 39.3 Å². The molecule has 0 bridgehead atoms. The Labute approximate surface area is 144 Å². The maximum atomic E-state index is 12.2. The van der Waals surface area contributed by atoms with Crippen LogP contribution in [0.25, 0.3) is 0 Å². The molecular formula is C18H20BrNOS. The van der Waals surface area contributed by atoms with E-state index >= 15 is 0 Å². The van der Waals surface area contributed by atoms with Crippen LogP contribution in [0.15, 0.2) is 39.7 Å². The van der Waals surface area contributed by atoms with Crippen LogP contribution in [0.1, 0.15) is 22.3 Å². The maximum absolute atomic E-state index is 12.2. The van der Waals surface area contributed by atoms with E-state index in [1.807, 2.05) is 26.0 Å². The van der Waals surface area contributed by atoms with E-state index in [-0.39, 0.29) is 5.91 Å². The summed E-state index contributed by atoms with van der Waals surface area (Å²) in [6.45, 7) is 8.18. The van der Waals surface area contributed by atoms with E-state index in [9.17, 15) is 4.79 Å². The second kappa shape index (κ2) is 7.34. The Balaban J connectivity index is 2.02. The fraction of sp³-hybridized carbons (Fsp3) is 0.278. The average Bonchev–Trinajstić information content (AvgIpc) is 2.42. The number of benzene rings is 2. The van der Waals surface area contributed by atoms with Gasteiger partial charge in [0.1, 0.15) is 0 Å². The van der Waals surface area contributed by atoms with Crippen molar-refractivity contribution in [3.63, 3.8) is 0 Å². The maximum Gasteiger partial charge on any atom is 0.234 e. The van der Waals surface area contributed by atoms with Crippen LogP contribution in [-0.2, 0) is 4.79 Å². The summed E-state index contributed by atoms with van der Waals surface area (Å²) in [5.41, 5.74) is 5.54. The summed E-state index contributed by atoms with van der Waals surface area (Å²) in [5.74, 6) is 0.442. The monoisotopic (exact) mass is 377 g/mol. The zero-order valence-electron chi connectivity index (χ0n) is 13.3. The van der Waals surface area contributed by atoms with E-state index in [4.69, 9.17) is 0 Å². The lowest BCUT2D eigenvalue weighted by Crippen LogP contribution is -2.16. The minimum absolute atomic E-state index is 0.0300. The van der Waals surface area contributed by atoms with Gasteiger partial charge in [-0.05, 0) is 62.6 Å². The van der Waals surface area contributed by atoms with E-state index in [0.717, 1.165) is 26.2 Å². The number of carbonyl (C=O) groups excluding carboxylic acids is 1. The number of halogens is 1. The summed E-state index contributed by atoms with van der Waals surface area (Å²) >= 11 is 5.02. The minimum atomic E-state index is 0.0300. The summed E-state index contributed by atoms with van der Waals surface area (Å²) < 4.78 is 1.06. The smallest absolute Gasteiger partial charge is 0.234 e. The third-order valence-electron chi connectivity index (χ3n) is 3.44. The van der Waals surface area contributed by atoms with Crippen molar-refractivity contribution in [3.05, 3.63) is 57.1 Å². The van der Waals surface area contributed by atoms with Gasteiger partial charge in [-0.15, -0.1) is 11.8 Å². The van der Waals surface area contributed by atoms with Crippen LogP contribution in [0.5, 0.6) is 0 Å². The van der Waals surface area contributed by atoms with Gasteiger partial charge in [-0.25, -0.2) is 0 Å². The Kier molecular flexibility index (Phi) is 5.70. The number of hydrogen-bond acceptors (Lipinski definition) is 2. The van der Waals surface area contributed by atoms with Crippen LogP contribution in [0.2, 0.25) is 0 Å². The van der Waals surface area contributed by atoms with Crippen LogP contribution < -0.4 is 5.32 Å². The zero-order chi connectivity index (χ0) is 16.3. The molecule has 0 radical (unpaired) electrons. The molecule has 0 fully saturated rings. The fourth-order valence-electron chi connectivity index (χ4n) is 2.47. The standard InChI is InChI=1S/C18H20BrNOS/c1-11-7-13(3)18(14(4)8-11)20-17(21)10-22-16-6-5-15(19)9-12(16)2/h5-9H,10H2,1-4H3,(H,20,21). The molecule has 4 heteroatoms. The lowest BCUT2D eigenvalue weighted by molar-refractivity contribution is -0.113. The number of thioether (sulfide) groups is 1. The van der Waals surface area contributed by atoms with E-state index in [1.165, 1.54) is 11.1 Å². The topological polar surface area (TPSA) is 29.1 Å². The number of hydrogen-bond donors (Lipinski definition) is 1. The van der Waals surface area contributed by atoms with Gasteiger partial charge in [0.2, 0.25) is 5.91 Å². The normalized spacial score (nSPS) is 10.6. The average molecular weight is 378 g/mol. The number of nitrogens with one attached hydrogen (secondary N) is 1. The van der Waals surface area contributed by atoms with E-state index in [0.29, 0.717) is 5.75 Å². The molecule has 0 aliphatic carbocycles. The molecule has 0 saturated carbocycles. The minimum Gasteiger partial charge on any atom is -0.325 e. The Hall–Kier alpha value is -1.26. The van der Waals surface area contributed by atoms with Gasteiger partial charge in [-0.2, -0.15) is 0 Å². The molecular weight excluding hydrogens is 358 g/mol. The molecule has 1 amide bonds. The molecule has 2 rings (SSSR count). The predicted molar refractivity (Wildman–Crippen MR) is 98.9 cm³/mol. The molecule has 1 N–H and O–H groups in total. The van der Waals surface area contributed by atoms with Gasteiger partial charge in [0, 0.05) is 15.1 Å². The molecule has 2 aromatic rings. The molecule has 0 aliphatic heterocycles. The molecule has 0 saturated heterocycles. The summed E-state index contributed by atoms with van der Waals surface area (Å²) in [6, 6.07) is 10.3. The fourth-order valence-corrected chi connectivity index (χ4v) is 3.76. The second-order valence-electron chi connectivity index (χ2n) is 5.52. The van der Waals surface area contributed by atoms with Crippen molar-refractivity contribution in [3.8, 4) is 0 Å². The molecule has 0 atom stereocenters. The molecule has 0 aliphatic rings. The predicted octanol–water partition coefficient (Wildman–Crippen LogP) is 5.41. The summed E-state index contributed by atoms with van der Waals surface area (Å²) in [6.07, 6.45) is 0. The molecule has 0 spiro atoms.